The van der Waals surface area contributed by atoms with Crippen molar-refractivity contribution in [2.75, 3.05) is 12.9 Å². The van der Waals surface area contributed by atoms with Gasteiger partial charge in [-0.05, 0) is 55.2 Å². The van der Waals surface area contributed by atoms with E-state index in [9.17, 15) is 18.3 Å². The average molecular weight is 458 g/mol. The molecule has 170 valence electrons. The normalized spacial score (nSPS) is 17.4. The van der Waals surface area contributed by atoms with Crippen LogP contribution in [0, 0.1) is 0 Å². The molecule has 1 aliphatic rings. The fraction of sp³-hybridized carbons (Fsp3) is 0.333. The molecule has 0 aromatic heterocycles. The lowest BCUT2D eigenvalue weighted by Gasteiger charge is -2.24. The number of carbonyl (C=O) groups excluding carboxylic acids is 1. The highest BCUT2D eigenvalue weighted by Crippen LogP contribution is 2.35. The molecular weight excluding hydrogens is 430 g/mol. The van der Waals surface area contributed by atoms with Crippen molar-refractivity contribution in [3.63, 3.8) is 0 Å². The molecule has 7 nitrogen and oxygen atoms in total. The maximum absolute atomic E-state index is 12.7. The Morgan fingerprint density at radius 2 is 1.81 bits per heavy atom. The number of rotatable bonds is 8. The molecule has 0 saturated carbocycles. The summed E-state index contributed by atoms with van der Waals surface area (Å²) < 4.78 is 29.2. The molecule has 0 heterocycles. The van der Waals surface area contributed by atoms with E-state index in [0.29, 0.717) is 36.7 Å². The lowest BCUT2D eigenvalue weighted by Crippen LogP contribution is -2.23. The second-order valence-corrected chi connectivity index (χ2v) is 9.59. The molecule has 0 saturated heterocycles. The summed E-state index contributed by atoms with van der Waals surface area (Å²) in [6.07, 6.45) is 2.24. The lowest BCUT2D eigenvalue weighted by atomic mass is 9.81. The predicted octanol–water partition coefficient (Wildman–Crippen LogP) is 4.94. The molecule has 0 spiro atoms. The van der Waals surface area contributed by atoms with Gasteiger partial charge in [0.15, 0.2) is 15.6 Å². The number of aliphatic hydroxyl groups is 1. The van der Waals surface area contributed by atoms with Crippen molar-refractivity contribution in [2.24, 2.45) is 5.16 Å². The van der Waals surface area contributed by atoms with E-state index in [-0.39, 0.29) is 34.3 Å². The van der Waals surface area contributed by atoms with Gasteiger partial charge in [0, 0.05) is 19.1 Å². The Labute approximate surface area is 188 Å². The van der Waals surface area contributed by atoms with E-state index in [1.807, 2.05) is 19.1 Å². The minimum atomic E-state index is -3.32. The Balaban J connectivity index is 1.75. The smallest absolute Gasteiger partial charge is 0.175 e. The minimum Gasteiger partial charge on any atom is -0.511 e. The number of sulfone groups is 1. The summed E-state index contributed by atoms with van der Waals surface area (Å²) in [6, 6.07) is 13.5. The van der Waals surface area contributed by atoms with Gasteiger partial charge in [-0.25, -0.2) is 8.42 Å². The molecule has 2 aromatic carbocycles. The molecular formula is C24H27NO6S. The van der Waals surface area contributed by atoms with Crippen molar-refractivity contribution in [2.45, 2.75) is 43.9 Å². The third kappa shape index (κ3) is 5.56. The van der Waals surface area contributed by atoms with Crippen LogP contribution in [0.5, 0.6) is 11.5 Å². The number of Topliss-reactive ketones (excluding diaryl/α,β-unsaturated/α-hetero) is 1. The third-order valence-corrected chi connectivity index (χ3v) is 6.30. The Kier molecular flexibility index (Phi) is 7.35. The number of hydrogen-bond donors (Lipinski definition) is 1. The summed E-state index contributed by atoms with van der Waals surface area (Å²) in [5.74, 6) is 0.680. The van der Waals surface area contributed by atoms with Crippen molar-refractivity contribution in [3.8, 4) is 11.5 Å². The van der Waals surface area contributed by atoms with Crippen LogP contribution >= 0.6 is 0 Å². The van der Waals surface area contributed by atoms with E-state index in [2.05, 4.69) is 5.16 Å². The number of benzene rings is 2. The number of allylic oxidation sites excluding steroid dienone is 2. The van der Waals surface area contributed by atoms with Gasteiger partial charge >= 0.3 is 0 Å². The van der Waals surface area contributed by atoms with Crippen LogP contribution in [0.2, 0.25) is 0 Å². The van der Waals surface area contributed by atoms with Gasteiger partial charge in [-0.1, -0.05) is 30.3 Å². The Hall–Kier alpha value is -3.13. The quantitative estimate of drug-likeness (QED) is 0.445. The van der Waals surface area contributed by atoms with E-state index in [1.165, 1.54) is 12.1 Å². The largest absolute Gasteiger partial charge is 0.511 e. The van der Waals surface area contributed by atoms with Crippen LogP contribution in [0.1, 0.15) is 44.6 Å². The van der Waals surface area contributed by atoms with Gasteiger partial charge in [-0.3, -0.25) is 4.79 Å². The first-order valence-electron chi connectivity index (χ1n) is 10.4. The molecule has 1 aliphatic carbocycles. The average Bonchev–Trinajstić information content (AvgIpc) is 2.75. The molecule has 0 aliphatic heterocycles. The van der Waals surface area contributed by atoms with Crippen molar-refractivity contribution in [3.05, 3.63) is 65.4 Å². The summed E-state index contributed by atoms with van der Waals surface area (Å²) >= 11 is 0. The Morgan fingerprint density at radius 3 is 2.41 bits per heavy atom. The fourth-order valence-electron chi connectivity index (χ4n) is 3.60. The number of oxime groups is 1. The molecule has 32 heavy (non-hydrogen) atoms. The second kappa shape index (κ2) is 9.99. The minimum absolute atomic E-state index is 0.0319. The number of ether oxygens (including phenoxy) is 1. The maximum Gasteiger partial charge on any atom is 0.175 e. The monoisotopic (exact) mass is 457 g/mol. The van der Waals surface area contributed by atoms with Crippen molar-refractivity contribution >= 4 is 21.3 Å². The highest BCUT2D eigenvalue weighted by molar-refractivity contribution is 7.90. The summed E-state index contributed by atoms with van der Waals surface area (Å²) in [6.45, 7) is 4.06. The van der Waals surface area contributed by atoms with Crippen LogP contribution in [0.15, 0.2) is 69.9 Å². The van der Waals surface area contributed by atoms with Gasteiger partial charge in [-0.2, -0.15) is 0 Å². The number of ketones is 1. The first-order chi connectivity index (χ1) is 15.2. The molecule has 0 amide bonds. The molecule has 3 rings (SSSR count). The standard InChI is InChI=1S/C24H27NO6S/c1-4-21(25-30-5-2)24-22(26)13-17(14-23(24)27)16-9-11-18(12-10-16)31-19-7-6-8-20(15-19)32(3,28)29/h6-12,15,17,26H,4-5,13-14H2,1-3H3. The summed E-state index contributed by atoms with van der Waals surface area (Å²) in [5.41, 5.74) is 1.64. The first-order valence-corrected chi connectivity index (χ1v) is 12.3. The molecule has 1 atom stereocenters. The van der Waals surface area contributed by atoms with Crippen LogP contribution in [0.25, 0.3) is 0 Å². The van der Waals surface area contributed by atoms with Gasteiger partial charge in [0.2, 0.25) is 0 Å². The Bertz CT molecular complexity index is 1150. The van der Waals surface area contributed by atoms with Gasteiger partial charge < -0.3 is 14.7 Å². The van der Waals surface area contributed by atoms with Crippen molar-refractivity contribution in [1.82, 2.24) is 0 Å². The van der Waals surface area contributed by atoms with Gasteiger partial charge in [0.25, 0.3) is 0 Å². The third-order valence-electron chi connectivity index (χ3n) is 5.19. The summed E-state index contributed by atoms with van der Waals surface area (Å²) in [4.78, 5) is 18.0. The number of nitrogens with zero attached hydrogens (tertiary/aromatic N) is 1. The van der Waals surface area contributed by atoms with Crippen LogP contribution in [-0.4, -0.2) is 37.9 Å². The SMILES string of the molecule is CCON=C(CC)C1=C(O)CC(c2ccc(Oc3cccc(S(C)(=O)=O)c3)cc2)CC1=O. The zero-order valence-electron chi connectivity index (χ0n) is 18.4. The zero-order chi connectivity index (χ0) is 23.3. The molecule has 0 bridgehead atoms. The van der Waals surface area contributed by atoms with E-state index >= 15 is 0 Å². The van der Waals surface area contributed by atoms with Crippen LogP contribution in [0.3, 0.4) is 0 Å². The first kappa shape index (κ1) is 23.5. The molecule has 8 heteroatoms. The zero-order valence-corrected chi connectivity index (χ0v) is 19.2. The number of hydrogen-bond acceptors (Lipinski definition) is 7. The molecule has 2 aromatic rings. The topological polar surface area (TPSA) is 102 Å². The van der Waals surface area contributed by atoms with Crippen LogP contribution < -0.4 is 4.74 Å². The maximum atomic E-state index is 12.7. The lowest BCUT2D eigenvalue weighted by molar-refractivity contribution is -0.116. The number of carbonyl (C=O) groups is 1. The van der Waals surface area contributed by atoms with Crippen LogP contribution in [0.4, 0.5) is 0 Å². The summed E-state index contributed by atoms with van der Waals surface area (Å²) in [5, 5.41) is 14.5. The predicted molar refractivity (Wildman–Crippen MR) is 122 cm³/mol. The van der Waals surface area contributed by atoms with Gasteiger partial charge in [-0.15, -0.1) is 0 Å². The Morgan fingerprint density at radius 1 is 1.09 bits per heavy atom. The van der Waals surface area contributed by atoms with E-state index in [0.717, 1.165) is 11.8 Å². The van der Waals surface area contributed by atoms with Gasteiger partial charge in [0.1, 0.15) is 23.9 Å². The second-order valence-electron chi connectivity index (χ2n) is 7.58. The summed E-state index contributed by atoms with van der Waals surface area (Å²) in [7, 11) is -3.32. The number of aliphatic hydroxyl groups excluding tert-OH is 1. The molecule has 1 N–H and O–H groups in total. The van der Waals surface area contributed by atoms with Crippen LogP contribution in [-0.2, 0) is 19.5 Å². The highest BCUT2D eigenvalue weighted by atomic mass is 32.2. The van der Waals surface area contributed by atoms with E-state index in [1.54, 1.807) is 31.2 Å². The van der Waals surface area contributed by atoms with Gasteiger partial charge in [0.05, 0.1) is 16.2 Å². The molecule has 0 radical (unpaired) electrons. The van der Waals surface area contributed by atoms with E-state index < -0.39 is 9.84 Å². The van der Waals surface area contributed by atoms with Crippen molar-refractivity contribution < 1.29 is 27.9 Å². The molecule has 1 unspecified atom stereocenters. The van der Waals surface area contributed by atoms with E-state index in [4.69, 9.17) is 9.57 Å². The highest BCUT2D eigenvalue weighted by Gasteiger charge is 2.31. The van der Waals surface area contributed by atoms with Crippen molar-refractivity contribution in [1.29, 1.82) is 0 Å². The fourth-order valence-corrected chi connectivity index (χ4v) is 4.26. The molecule has 0 fully saturated rings.